The predicted molar refractivity (Wildman–Crippen MR) is 64.2 cm³/mol. The lowest BCUT2D eigenvalue weighted by molar-refractivity contribution is 0.790. The second kappa shape index (κ2) is 4.73. The maximum atomic E-state index is 5.91. The zero-order valence-electron chi connectivity index (χ0n) is 8.35. The number of hydrogen-bond acceptors (Lipinski definition) is 2. The van der Waals surface area contributed by atoms with Crippen LogP contribution in [0, 0.1) is 0 Å². The Morgan fingerprint density at radius 3 is 3.00 bits per heavy atom. The number of rotatable bonds is 3. The summed E-state index contributed by atoms with van der Waals surface area (Å²) in [5.74, 6) is 0.894. The summed E-state index contributed by atoms with van der Waals surface area (Å²) in [6, 6.07) is 7.91. The van der Waals surface area contributed by atoms with Gasteiger partial charge in [-0.15, -0.1) is 0 Å². The van der Waals surface area contributed by atoms with Crippen molar-refractivity contribution < 1.29 is 0 Å². The van der Waals surface area contributed by atoms with Gasteiger partial charge in [0.05, 0.1) is 0 Å². The van der Waals surface area contributed by atoms with Gasteiger partial charge in [0.1, 0.15) is 0 Å². The number of aromatic nitrogens is 2. The third kappa shape index (κ3) is 2.76. The van der Waals surface area contributed by atoms with Crippen LogP contribution in [0.1, 0.15) is 5.56 Å². The van der Waals surface area contributed by atoms with Crippen molar-refractivity contribution in [2.45, 2.75) is 10.9 Å². The Hall–Kier alpha value is -0.930. The molecule has 0 bridgehead atoms. The van der Waals surface area contributed by atoms with Crippen molar-refractivity contribution in [1.82, 2.24) is 9.55 Å². The lowest BCUT2D eigenvalue weighted by atomic mass is 10.2. The SMILES string of the molecule is Cn1ccnc1SCc1cccc(Cl)c1. The molecule has 15 heavy (non-hydrogen) atoms. The van der Waals surface area contributed by atoms with E-state index in [-0.39, 0.29) is 0 Å². The van der Waals surface area contributed by atoms with E-state index in [0.29, 0.717) is 0 Å². The van der Waals surface area contributed by atoms with Gasteiger partial charge in [0, 0.05) is 30.2 Å². The van der Waals surface area contributed by atoms with Gasteiger partial charge in [-0.2, -0.15) is 0 Å². The molecule has 2 nitrogen and oxygen atoms in total. The highest BCUT2D eigenvalue weighted by Gasteiger charge is 2.01. The van der Waals surface area contributed by atoms with Crippen molar-refractivity contribution in [2.75, 3.05) is 0 Å². The van der Waals surface area contributed by atoms with Crippen molar-refractivity contribution in [3.8, 4) is 0 Å². The fourth-order valence-electron chi connectivity index (χ4n) is 1.27. The van der Waals surface area contributed by atoms with E-state index in [1.54, 1.807) is 18.0 Å². The van der Waals surface area contributed by atoms with Crippen LogP contribution in [0.25, 0.3) is 0 Å². The minimum atomic E-state index is 0.785. The van der Waals surface area contributed by atoms with Gasteiger partial charge in [0.25, 0.3) is 0 Å². The summed E-state index contributed by atoms with van der Waals surface area (Å²) in [5, 5.41) is 1.81. The van der Waals surface area contributed by atoms with Crippen molar-refractivity contribution in [3.63, 3.8) is 0 Å². The molecule has 0 spiro atoms. The van der Waals surface area contributed by atoms with E-state index in [2.05, 4.69) is 11.1 Å². The summed E-state index contributed by atoms with van der Waals surface area (Å²) < 4.78 is 2.01. The summed E-state index contributed by atoms with van der Waals surface area (Å²) in [5.41, 5.74) is 1.22. The molecule has 1 heterocycles. The van der Waals surface area contributed by atoms with Crippen LogP contribution in [0.4, 0.5) is 0 Å². The van der Waals surface area contributed by atoms with Crippen LogP contribution in [0.3, 0.4) is 0 Å². The number of nitrogens with zero attached hydrogens (tertiary/aromatic N) is 2. The molecule has 1 aromatic heterocycles. The molecule has 78 valence electrons. The maximum absolute atomic E-state index is 5.91. The number of benzene rings is 1. The normalized spacial score (nSPS) is 10.5. The molecule has 0 atom stereocenters. The van der Waals surface area contributed by atoms with E-state index < -0.39 is 0 Å². The van der Waals surface area contributed by atoms with Crippen LogP contribution in [-0.2, 0) is 12.8 Å². The van der Waals surface area contributed by atoms with Crippen molar-refractivity contribution in [1.29, 1.82) is 0 Å². The fourth-order valence-corrected chi connectivity index (χ4v) is 2.35. The second-order valence-corrected chi connectivity index (χ2v) is 4.62. The van der Waals surface area contributed by atoms with Gasteiger partial charge >= 0.3 is 0 Å². The second-order valence-electron chi connectivity index (χ2n) is 3.24. The zero-order chi connectivity index (χ0) is 10.7. The summed E-state index contributed by atoms with van der Waals surface area (Å²) in [6.45, 7) is 0. The minimum Gasteiger partial charge on any atom is -0.329 e. The smallest absolute Gasteiger partial charge is 0.167 e. The van der Waals surface area contributed by atoms with E-state index in [0.717, 1.165) is 15.9 Å². The van der Waals surface area contributed by atoms with Crippen molar-refractivity contribution in [2.24, 2.45) is 7.05 Å². The van der Waals surface area contributed by atoms with Crippen molar-refractivity contribution >= 4 is 23.4 Å². The number of imidazole rings is 1. The lowest BCUT2D eigenvalue weighted by Crippen LogP contribution is -1.89. The predicted octanol–water partition coefficient (Wildman–Crippen LogP) is 3.37. The van der Waals surface area contributed by atoms with Crippen LogP contribution in [0.2, 0.25) is 5.02 Å². The Morgan fingerprint density at radius 1 is 1.47 bits per heavy atom. The Kier molecular flexibility index (Phi) is 3.34. The first-order valence-corrected chi connectivity index (χ1v) is 5.96. The quantitative estimate of drug-likeness (QED) is 0.763. The van der Waals surface area contributed by atoms with Gasteiger partial charge < -0.3 is 4.57 Å². The number of thioether (sulfide) groups is 1. The van der Waals surface area contributed by atoms with E-state index in [1.807, 2.05) is 36.0 Å². The highest BCUT2D eigenvalue weighted by Crippen LogP contribution is 2.21. The Labute approximate surface area is 98.3 Å². The van der Waals surface area contributed by atoms with Gasteiger partial charge in [-0.3, -0.25) is 0 Å². The standard InChI is InChI=1S/C11H11ClN2S/c1-14-6-5-13-11(14)15-8-9-3-2-4-10(12)7-9/h2-7H,8H2,1H3. The molecule has 0 saturated heterocycles. The van der Waals surface area contributed by atoms with Crippen LogP contribution in [0.15, 0.2) is 41.8 Å². The average Bonchev–Trinajstić information content (AvgIpc) is 2.61. The first-order chi connectivity index (χ1) is 7.25. The van der Waals surface area contributed by atoms with E-state index in [4.69, 9.17) is 11.6 Å². The average molecular weight is 239 g/mol. The zero-order valence-corrected chi connectivity index (χ0v) is 9.92. The fraction of sp³-hybridized carbons (Fsp3) is 0.182. The molecule has 4 heteroatoms. The lowest BCUT2D eigenvalue weighted by Gasteiger charge is -2.02. The highest BCUT2D eigenvalue weighted by molar-refractivity contribution is 7.98. The first-order valence-electron chi connectivity index (χ1n) is 4.60. The molecule has 0 aliphatic carbocycles. The van der Waals surface area contributed by atoms with E-state index in [1.165, 1.54) is 5.56 Å². The molecule has 0 amide bonds. The molecule has 0 radical (unpaired) electrons. The summed E-state index contributed by atoms with van der Waals surface area (Å²) >= 11 is 7.62. The molecule has 0 aliphatic heterocycles. The third-order valence-electron chi connectivity index (χ3n) is 2.03. The number of aryl methyl sites for hydroxylation is 1. The monoisotopic (exact) mass is 238 g/mol. The van der Waals surface area contributed by atoms with Crippen molar-refractivity contribution in [3.05, 3.63) is 47.2 Å². The molecule has 0 unspecified atom stereocenters. The molecular formula is C11H11ClN2S. The Bertz CT molecular complexity index is 453. The Balaban J connectivity index is 2.02. The Morgan fingerprint density at radius 2 is 2.33 bits per heavy atom. The molecular weight excluding hydrogens is 228 g/mol. The minimum absolute atomic E-state index is 0.785. The molecule has 0 N–H and O–H groups in total. The summed E-state index contributed by atoms with van der Waals surface area (Å²) in [6.07, 6.45) is 3.75. The van der Waals surface area contributed by atoms with E-state index >= 15 is 0 Å². The largest absolute Gasteiger partial charge is 0.329 e. The molecule has 0 fully saturated rings. The number of hydrogen-bond donors (Lipinski definition) is 0. The third-order valence-corrected chi connectivity index (χ3v) is 3.40. The van der Waals surface area contributed by atoms with Gasteiger partial charge in [0.15, 0.2) is 5.16 Å². The van der Waals surface area contributed by atoms with Gasteiger partial charge in [-0.05, 0) is 17.7 Å². The molecule has 0 saturated carbocycles. The van der Waals surface area contributed by atoms with Gasteiger partial charge in [-0.1, -0.05) is 35.5 Å². The molecule has 2 aromatic rings. The topological polar surface area (TPSA) is 17.8 Å². The first kappa shape index (κ1) is 10.6. The van der Waals surface area contributed by atoms with Crippen LogP contribution in [-0.4, -0.2) is 9.55 Å². The van der Waals surface area contributed by atoms with Crippen LogP contribution < -0.4 is 0 Å². The van der Waals surface area contributed by atoms with Gasteiger partial charge in [-0.25, -0.2) is 4.98 Å². The highest BCUT2D eigenvalue weighted by atomic mass is 35.5. The number of halogens is 1. The molecule has 0 aliphatic rings. The van der Waals surface area contributed by atoms with Gasteiger partial charge in [0.2, 0.25) is 0 Å². The summed E-state index contributed by atoms with van der Waals surface area (Å²) in [7, 11) is 1.99. The van der Waals surface area contributed by atoms with Crippen LogP contribution >= 0.6 is 23.4 Å². The molecule has 2 rings (SSSR count). The van der Waals surface area contributed by atoms with Crippen LogP contribution in [0.5, 0.6) is 0 Å². The maximum Gasteiger partial charge on any atom is 0.167 e. The van der Waals surface area contributed by atoms with E-state index in [9.17, 15) is 0 Å². The summed E-state index contributed by atoms with van der Waals surface area (Å²) in [4.78, 5) is 4.25. The molecule has 1 aromatic carbocycles.